The third-order valence-electron chi connectivity index (χ3n) is 12.6. The average Bonchev–Trinajstić information content (AvgIpc) is 3.48. The zero-order chi connectivity index (χ0) is 24.6. The van der Waals surface area contributed by atoms with Crippen molar-refractivity contribution in [2.45, 2.75) is 102 Å². The molecule has 3 nitrogen and oxygen atoms in total. The number of rotatable bonds is 5. The zero-order valence-corrected chi connectivity index (χ0v) is 22.9. The van der Waals surface area contributed by atoms with Crippen molar-refractivity contribution >= 4 is 28.5 Å². The topological polar surface area (TPSA) is 43.4 Å². The number of allylic oxidation sites excluding steroid dienone is 2. The maximum Gasteiger partial charge on any atom is 0.156 e. The van der Waals surface area contributed by atoms with E-state index in [1.54, 1.807) is 11.8 Å². The van der Waals surface area contributed by atoms with Crippen LogP contribution in [0.1, 0.15) is 106 Å². The SMILES string of the molecule is COC1CCC(c2cc3c(s2)C2(C4CC5CC6CC2CC56C4)C(C(C)=O)C(C(C)=O)=C3C2CC2)CC1. The van der Waals surface area contributed by atoms with Crippen LogP contribution in [0.2, 0.25) is 0 Å². The smallest absolute Gasteiger partial charge is 0.156 e. The van der Waals surface area contributed by atoms with Crippen molar-refractivity contribution < 1.29 is 14.3 Å². The number of fused-ring (bicyclic) bond motifs is 6. The normalized spacial score (nSPS) is 46.1. The Bertz CT molecular complexity index is 1170. The van der Waals surface area contributed by atoms with Gasteiger partial charge in [0.25, 0.3) is 0 Å². The van der Waals surface area contributed by atoms with Crippen LogP contribution in [0.3, 0.4) is 0 Å². The number of hydrogen-bond donors (Lipinski definition) is 0. The second kappa shape index (κ2) is 7.44. The molecule has 1 aromatic heterocycles. The second-order valence-corrected chi connectivity index (χ2v) is 15.0. The van der Waals surface area contributed by atoms with E-state index in [2.05, 4.69) is 17.4 Å². The van der Waals surface area contributed by atoms with Crippen LogP contribution >= 0.6 is 11.3 Å². The maximum atomic E-state index is 13.8. The monoisotopic (exact) mass is 504 g/mol. The van der Waals surface area contributed by atoms with Crippen LogP contribution in [0.15, 0.2) is 11.6 Å². The molecule has 4 heteroatoms. The standard InChI is InChI=1S/C32H40O3S/c1-16(33)27-28(19-4-5-19)25-13-26(18-6-8-24(35-3)9-7-18)36-30(25)32(29(27)17(2)34)22-11-20-10-21-12-23(32)15-31(20,21)14-22/h13,18-24,29H,4-12,14-15H2,1-3H3. The minimum absolute atomic E-state index is 0.124. The molecule has 0 aliphatic heterocycles. The summed E-state index contributed by atoms with van der Waals surface area (Å²) in [6.45, 7) is 3.58. The fourth-order valence-corrected chi connectivity index (χ4v) is 12.9. The van der Waals surface area contributed by atoms with Crippen LogP contribution in [0, 0.1) is 40.9 Å². The highest BCUT2D eigenvalue weighted by molar-refractivity contribution is 7.12. The van der Waals surface area contributed by atoms with E-state index in [-0.39, 0.29) is 22.9 Å². The van der Waals surface area contributed by atoms with Gasteiger partial charge in [-0.05, 0) is 143 Å². The molecule has 7 aliphatic rings. The molecule has 0 amide bonds. The van der Waals surface area contributed by atoms with Gasteiger partial charge in [-0.3, -0.25) is 9.59 Å². The molecular weight excluding hydrogens is 464 g/mol. The molecule has 3 bridgehead atoms. The van der Waals surface area contributed by atoms with Crippen molar-refractivity contribution in [3.05, 3.63) is 27.0 Å². The number of ketones is 2. The molecule has 0 N–H and O–H groups in total. The van der Waals surface area contributed by atoms with Crippen molar-refractivity contribution in [3.63, 3.8) is 0 Å². The van der Waals surface area contributed by atoms with Crippen LogP contribution < -0.4 is 0 Å². The molecule has 192 valence electrons. The summed E-state index contributed by atoms with van der Waals surface area (Å²) in [7, 11) is 1.85. The van der Waals surface area contributed by atoms with Crippen molar-refractivity contribution in [2.24, 2.45) is 40.9 Å². The number of Topliss-reactive ketones (excluding diaryl/α,β-unsaturated/α-hetero) is 2. The lowest BCUT2D eigenvalue weighted by Gasteiger charge is -2.54. The summed E-state index contributed by atoms with van der Waals surface area (Å²) in [5, 5.41) is 0. The molecule has 0 saturated heterocycles. The summed E-state index contributed by atoms with van der Waals surface area (Å²) in [4.78, 5) is 30.4. The van der Waals surface area contributed by atoms with E-state index < -0.39 is 0 Å². The van der Waals surface area contributed by atoms with Crippen molar-refractivity contribution in [1.29, 1.82) is 0 Å². The summed E-state index contributed by atoms with van der Waals surface area (Å²) in [6, 6.07) is 2.54. The first kappa shape index (κ1) is 22.7. The quantitative estimate of drug-likeness (QED) is 0.430. The number of carbonyl (C=O) groups excluding carboxylic acids is 2. The number of carbonyl (C=O) groups is 2. The van der Waals surface area contributed by atoms with Crippen LogP contribution in [-0.4, -0.2) is 24.8 Å². The van der Waals surface area contributed by atoms with Gasteiger partial charge in [-0.2, -0.15) is 0 Å². The van der Waals surface area contributed by atoms with Gasteiger partial charge in [0.05, 0.1) is 12.0 Å². The lowest BCUT2D eigenvalue weighted by atomic mass is 9.48. The Morgan fingerprint density at radius 3 is 2.06 bits per heavy atom. The number of methoxy groups -OCH3 is 1. The highest BCUT2D eigenvalue weighted by Crippen LogP contribution is 2.82. The molecule has 1 heterocycles. The molecule has 0 aromatic carbocycles. The Hall–Kier alpha value is -1.26. The minimum atomic E-state index is -0.211. The lowest BCUT2D eigenvalue weighted by Crippen LogP contribution is -2.54. The Kier molecular flexibility index (Phi) is 4.69. The minimum Gasteiger partial charge on any atom is -0.381 e. The van der Waals surface area contributed by atoms with Crippen molar-refractivity contribution in [3.8, 4) is 0 Å². The molecule has 6 saturated carbocycles. The average molecular weight is 505 g/mol. The molecule has 5 atom stereocenters. The van der Waals surface area contributed by atoms with Crippen LogP contribution in [0.25, 0.3) is 5.57 Å². The molecule has 6 fully saturated rings. The van der Waals surface area contributed by atoms with Gasteiger partial charge in [0.15, 0.2) is 5.78 Å². The fraction of sp³-hybridized carbons (Fsp3) is 0.750. The number of hydrogen-bond acceptors (Lipinski definition) is 4. The Balaban J connectivity index is 1.34. The van der Waals surface area contributed by atoms with Gasteiger partial charge in [0.1, 0.15) is 5.78 Å². The van der Waals surface area contributed by atoms with Crippen LogP contribution in [0.4, 0.5) is 0 Å². The van der Waals surface area contributed by atoms with Gasteiger partial charge in [0.2, 0.25) is 0 Å². The molecule has 2 spiro atoms. The molecule has 1 aromatic rings. The third-order valence-corrected chi connectivity index (χ3v) is 14.1. The zero-order valence-electron chi connectivity index (χ0n) is 22.1. The van der Waals surface area contributed by atoms with Crippen molar-refractivity contribution in [1.82, 2.24) is 0 Å². The van der Waals surface area contributed by atoms with E-state index in [0.29, 0.717) is 35.2 Å². The largest absolute Gasteiger partial charge is 0.381 e. The molecule has 8 rings (SSSR count). The molecule has 5 unspecified atom stereocenters. The first-order chi connectivity index (χ1) is 17.4. The summed E-state index contributed by atoms with van der Waals surface area (Å²) in [5.41, 5.74) is 4.14. The number of thiophene rings is 1. The van der Waals surface area contributed by atoms with Gasteiger partial charge in [-0.25, -0.2) is 0 Å². The summed E-state index contributed by atoms with van der Waals surface area (Å²) < 4.78 is 5.69. The Morgan fingerprint density at radius 1 is 0.889 bits per heavy atom. The van der Waals surface area contributed by atoms with Gasteiger partial charge in [-0.15, -0.1) is 11.3 Å². The highest BCUT2D eigenvalue weighted by Gasteiger charge is 2.76. The van der Waals surface area contributed by atoms with Crippen molar-refractivity contribution in [2.75, 3.05) is 7.11 Å². The van der Waals surface area contributed by atoms with E-state index in [1.165, 1.54) is 73.8 Å². The maximum absolute atomic E-state index is 13.8. The predicted octanol–water partition coefficient (Wildman–Crippen LogP) is 7.09. The summed E-state index contributed by atoms with van der Waals surface area (Å²) in [6.07, 6.45) is 14.1. The second-order valence-electron chi connectivity index (χ2n) is 13.9. The molecule has 0 radical (unpaired) electrons. The highest BCUT2D eigenvalue weighted by atomic mass is 32.1. The molecule has 36 heavy (non-hydrogen) atoms. The molecular formula is C32H40O3S. The van der Waals surface area contributed by atoms with Crippen LogP contribution in [-0.2, 0) is 19.7 Å². The van der Waals surface area contributed by atoms with Gasteiger partial charge >= 0.3 is 0 Å². The third kappa shape index (κ3) is 2.64. The van der Waals surface area contributed by atoms with Gasteiger partial charge in [0, 0.05) is 27.9 Å². The van der Waals surface area contributed by atoms with E-state index >= 15 is 0 Å². The first-order valence-electron chi connectivity index (χ1n) is 14.8. The van der Waals surface area contributed by atoms with Gasteiger partial charge in [-0.1, -0.05) is 0 Å². The van der Waals surface area contributed by atoms with Crippen LogP contribution in [0.5, 0.6) is 0 Å². The number of ether oxygens (including phenoxy) is 1. The van der Waals surface area contributed by atoms with E-state index in [0.717, 1.165) is 30.3 Å². The van der Waals surface area contributed by atoms with E-state index in [4.69, 9.17) is 4.74 Å². The fourth-order valence-electron chi connectivity index (χ4n) is 11.2. The first-order valence-corrected chi connectivity index (χ1v) is 15.6. The molecule has 7 aliphatic carbocycles. The predicted molar refractivity (Wildman–Crippen MR) is 142 cm³/mol. The lowest BCUT2D eigenvalue weighted by molar-refractivity contribution is -0.127. The summed E-state index contributed by atoms with van der Waals surface area (Å²) in [5.74, 6) is 4.23. The summed E-state index contributed by atoms with van der Waals surface area (Å²) >= 11 is 2.09. The Labute approximate surface area is 219 Å². The Morgan fingerprint density at radius 2 is 1.50 bits per heavy atom. The van der Waals surface area contributed by atoms with E-state index in [1.807, 2.05) is 14.0 Å². The van der Waals surface area contributed by atoms with Gasteiger partial charge < -0.3 is 4.74 Å². The van der Waals surface area contributed by atoms with E-state index in [9.17, 15) is 9.59 Å².